The van der Waals surface area contributed by atoms with Gasteiger partial charge in [-0.05, 0) is 54.8 Å². The molecular formula is C24H26N4O2. The van der Waals surface area contributed by atoms with E-state index in [0.29, 0.717) is 13.2 Å². The summed E-state index contributed by atoms with van der Waals surface area (Å²) < 4.78 is 5.73. The third kappa shape index (κ3) is 7.75. The molecule has 0 spiro atoms. The van der Waals surface area contributed by atoms with E-state index in [1.807, 2.05) is 54.6 Å². The topological polar surface area (TPSA) is 76.1 Å². The van der Waals surface area contributed by atoms with Crippen molar-refractivity contribution in [2.24, 2.45) is 0 Å². The summed E-state index contributed by atoms with van der Waals surface area (Å²) in [6.07, 6.45) is 10.5. The molecule has 6 heteroatoms. The Hall–Kier alpha value is -3.67. The molecule has 0 saturated heterocycles. The van der Waals surface area contributed by atoms with Crippen LogP contribution >= 0.6 is 0 Å². The molecule has 6 nitrogen and oxygen atoms in total. The zero-order valence-electron chi connectivity index (χ0n) is 16.8. The van der Waals surface area contributed by atoms with Crippen molar-refractivity contribution in [1.29, 1.82) is 0 Å². The van der Waals surface area contributed by atoms with Crippen molar-refractivity contribution in [2.75, 3.05) is 18.4 Å². The second-order valence-electron chi connectivity index (χ2n) is 6.69. The molecule has 0 aliphatic carbocycles. The number of pyridine rings is 2. The first kappa shape index (κ1) is 21.0. The lowest BCUT2D eigenvalue weighted by atomic mass is 10.2. The first-order valence-corrected chi connectivity index (χ1v) is 10.0. The van der Waals surface area contributed by atoms with Crippen LogP contribution in [0.5, 0.6) is 5.75 Å². The van der Waals surface area contributed by atoms with Gasteiger partial charge in [-0.1, -0.05) is 24.3 Å². The maximum atomic E-state index is 11.9. The molecule has 2 aromatic heterocycles. The lowest BCUT2D eigenvalue weighted by Gasteiger charge is -2.06. The van der Waals surface area contributed by atoms with Gasteiger partial charge in [0.25, 0.3) is 0 Å². The van der Waals surface area contributed by atoms with Crippen molar-refractivity contribution in [2.45, 2.75) is 19.4 Å². The van der Waals surface area contributed by atoms with E-state index in [4.69, 9.17) is 4.74 Å². The molecule has 0 saturated carbocycles. The molecule has 0 radical (unpaired) electrons. The van der Waals surface area contributed by atoms with Gasteiger partial charge in [-0.15, -0.1) is 0 Å². The molecule has 3 aromatic rings. The van der Waals surface area contributed by atoms with Crippen molar-refractivity contribution in [3.05, 3.63) is 90.4 Å². The van der Waals surface area contributed by atoms with Gasteiger partial charge in [-0.2, -0.15) is 0 Å². The Morgan fingerprint density at radius 1 is 0.967 bits per heavy atom. The zero-order valence-corrected chi connectivity index (χ0v) is 16.8. The fraction of sp³-hybridized carbons (Fsp3) is 0.208. The molecule has 30 heavy (non-hydrogen) atoms. The van der Waals surface area contributed by atoms with Crippen LogP contribution in [0.15, 0.2) is 79.3 Å². The predicted molar refractivity (Wildman–Crippen MR) is 119 cm³/mol. The number of aromatic nitrogens is 2. The SMILES string of the molecule is O=C(/C=C/c1ccc(OCc2cccnc2)cc1)NCCCCNc1ccccn1. The van der Waals surface area contributed by atoms with Gasteiger partial charge in [-0.25, -0.2) is 4.98 Å². The van der Waals surface area contributed by atoms with E-state index in [2.05, 4.69) is 20.6 Å². The predicted octanol–water partition coefficient (Wildman–Crippen LogP) is 4.08. The number of hydrogen-bond donors (Lipinski definition) is 2. The normalized spacial score (nSPS) is 10.7. The highest BCUT2D eigenvalue weighted by Crippen LogP contribution is 2.14. The molecule has 1 aromatic carbocycles. The van der Waals surface area contributed by atoms with E-state index >= 15 is 0 Å². The van der Waals surface area contributed by atoms with Gasteiger partial charge in [0.2, 0.25) is 5.91 Å². The van der Waals surface area contributed by atoms with Crippen LogP contribution in [0.25, 0.3) is 6.08 Å². The Balaban J connectivity index is 1.30. The third-order valence-corrected chi connectivity index (χ3v) is 4.31. The highest BCUT2D eigenvalue weighted by molar-refractivity contribution is 5.91. The highest BCUT2D eigenvalue weighted by atomic mass is 16.5. The van der Waals surface area contributed by atoms with Gasteiger partial charge >= 0.3 is 0 Å². The maximum Gasteiger partial charge on any atom is 0.243 e. The molecule has 0 fully saturated rings. The van der Waals surface area contributed by atoms with Crippen LogP contribution in [0.4, 0.5) is 5.82 Å². The van der Waals surface area contributed by atoms with E-state index in [-0.39, 0.29) is 5.91 Å². The Labute approximate surface area is 177 Å². The molecule has 0 unspecified atom stereocenters. The Morgan fingerprint density at radius 3 is 2.60 bits per heavy atom. The van der Waals surface area contributed by atoms with Gasteiger partial charge in [0.1, 0.15) is 18.2 Å². The van der Waals surface area contributed by atoms with Crippen molar-refractivity contribution < 1.29 is 9.53 Å². The summed E-state index contributed by atoms with van der Waals surface area (Å²) in [6.45, 7) is 1.95. The maximum absolute atomic E-state index is 11.9. The largest absolute Gasteiger partial charge is 0.489 e. The molecule has 0 atom stereocenters. The summed E-state index contributed by atoms with van der Waals surface area (Å²) in [5.41, 5.74) is 1.96. The lowest BCUT2D eigenvalue weighted by molar-refractivity contribution is -0.116. The molecule has 1 amide bonds. The number of amides is 1. The second kappa shape index (κ2) is 12.0. The summed E-state index contributed by atoms with van der Waals surface area (Å²) in [7, 11) is 0. The molecule has 154 valence electrons. The summed E-state index contributed by atoms with van der Waals surface area (Å²) in [6, 6.07) is 17.3. The number of nitrogens with zero attached hydrogens (tertiary/aromatic N) is 2. The van der Waals surface area contributed by atoms with Crippen molar-refractivity contribution in [3.63, 3.8) is 0 Å². The molecule has 2 N–H and O–H groups in total. The number of rotatable bonds is 11. The number of hydrogen-bond acceptors (Lipinski definition) is 5. The first-order chi connectivity index (χ1) is 14.8. The minimum atomic E-state index is -0.0930. The summed E-state index contributed by atoms with van der Waals surface area (Å²) in [5, 5.41) is 6.15. The minimum Gasteiger partial charge on any atom is -0.489 e. The number of benzene rings is 1. The van der Waals surface area contributed by atoms with Crippen LogP contribution in [0.2, 0.25) is 0 Å². The summed E-state index contributed by atoms with van der Waals surface area (Å²) in [4.78, 5) is 20.2. The Bertz CT molecular complexity index is 913. The molecule has 0 aliphatic heterocycles. The van der Waals surface area contributed by atoms with Crippen LogP contribution < -0.4 is 15.4 Å². The fourth-order valence-corrected chi connectivity index (χ4v) is 2.70. The van der Waals surface area contributed by atoms with E-state index in [0.717, 1.165) is 42.1 Å². The number of carbonyl (C=O) groups excluding carboxylic acids is 1. The van der Waals surface area contributed by atoms with Gasteiger partial charge in [0, 0.05) is 43.3 Å². The first-order valence-electron chi connectivity index (χ1n) is 10.0. The van der Waals surface area contributed by atoms with Crippen LogP contribution in [-0.4, -0.2) is 29.0 Å². The zero-order chi connectivity index (χ0) is 20.9. The summed E-state index contributed by atoms with van der Waals surface area (Å²) in [5.74, 6) is 1.56. The van der Waals surface area contributed by atoms with E-state index in [9.17, 15) is 4.79 Å². The molecular weight excluding hydrogens is 376 g/mol. The molecule has 3 rings (SSSR count). The quantitative estimate of drug-likeness (QED) is 0.373. The Morgan fingerprint density at radius 2 is 1.83 bits per heavy atom. The van der Waals surface area contributed by atoms with Crippen molar-refractivity contribution >= 4 is 17.8 Å². The lowest BCUT2D eigenvalue weighted by Crippen LogP contribution is -2.22. The Kier molecular flexibility index (Phi) is 8.43. The van der Waals surface area contributed by atoms with Crippen LogP contribution in [0.1, 0.15) is 24.0 Å². The van der Waals surface area contributed by atoms with Crippen LogP contribution in [0, 0.1) is 0 Å². The van der Waals surface area contributed by atoms with Crippen LogP contribution in [0.3, 0.4) is 0 Å². The van der Waals surface area contributed by atoms with E-state index < -0.39 is 0 Å². The number of carbonyl (C=O) groups is 1. The van der Waals surface area contributed by atoms with Gasteiger partial charge < -0.3 is 15.4 Å². The molecule has 2 heterocycles. The second-order valence-corrected chi connectivity index (χ2v) is 6.69. The van der Waals surface area contributed by atoms with Gasteiger partial charge in [-0.3, -0.25) is 9.78 Å². The van der Waals surface area contributed by atoms with Gasteiger partial charge in [0.15, 0.2) is 0 Å². The molecule has 0 bridgehead atoms. The highest BCUT2D eigenvalue weighted by Gasteiger charge is 1.98. The molecule has 0 aliphatic rings. The van der Waals surface area contributed by atoms with Crippen molar-refractivity contribution in [3.8, 4) is 5.75 Å². The average Bonchev–Trinajstić information content (AvgIpc) is 2.80. The minimum absolute atomic E-state index is 0.0930. The third-order valence-electron chi connectivity index (χ3n) is 4.31. The average molecular weight is 402 g/mol. The fourth-order valence-electron chi connectivity index (χ4n) is 2.70. The smallest absolute Gasteiger partial charge is 0.243 e. The van der Waals surface area contributed by atoms with Gasteiger partial charge in [0.05, 0.1) is 0 Å². The monoisotopic (exact) mass is 402 g/mol. The van der Waals surface area contributed by atoms with Crippen LogP contribution in [-0.2, 0) is 11.4 Å². The standard InChI is InChI=1S/C24H26N4O2/c29-24(28-17-4-3-16-27-23-7-1-2-15-26-23)13-10-20-8-11-22(12-9-20)30-19-21-6-5-14-25-18-21/h1-2,5-15,18H,3-4,16-17,19H2,(H,26,27)(H,28,29)/b13-10+. The van der Waals surface area contributed by atoms with E-state index in [1.54, 1.807) is 30.7 Å². The number of ether oxygens (including phenoxy) is 1. The number of unbranched alkanes of at least 4 members (excludes halogenated alkanes) is 1. The van der Waals surface area contributed by atoms with E-state index in [1.165, 1.54) is 0 Å². The summed E-state index contributed by atoms with van der Waals surface area (Å²) >= 11 is 0. The number of nitrogens with one attached hydrogen (secondary N) is 2. The van der Waals surface area contributed by atoms with Crippen molar-refractivity contribution in [1.82, 2.24) is 15.3 Å². The number of anilines is 1.